The number of ketones is 1. The highest BCUT2D eigenvalue weighted by Gasteiger charge is 2.18. The summed E-state index contributed by atoms with van der Waals surface area (Å²) in [5, 5.41) is -0.669. The summed E-state index contributed by atoms with van der Waals surface area (Å²) < 4.78 is 0. The number of hydrogen-bond donors (Lipinski definition) is 1. The molecule has 0 aliphatic heterocycles. The first-order valence-corrected chi connectivity index (χ1v) is 5.71. The van der Waals surface area contributed by atoms with Crippen molar-refractivity contribution < 1.29 is 4.79 Å². The van der Waals surface area contributed by atoms with Crippen molar-refractivity contribution in [1.29, 1.82) is 0 Å². The molecular weight excluding hydrogens is 234 g/mol. The number of rotatable bonds is 3. The van der Waals surface area contributed by atoms with Gasteiger partial charge in [0.05, 0.1) is 0 Å². The van der Waals surface area contributed by atoms with Gasteiger partial charge in [-0.05, 0) is 17.7 Å². The van der Waals surface area contributed by atoms with Crippen molar-refractivity contribution in [2.45, 2.75) is 5.38 Å². The van der Waals surface area contributed by atoms with Crippen LogP contribution in [0, 0.1) is 0 Å². The Morgan fingerprint density at radius 1 is 1.00 bits per heavy atom. The zero-order valence-corrected chi connectivity index (χ0v) is 9.89. The van der Waals surface area contributed by atoms with Crippen LogP contribution in [0.2, 0.25) is 0 Å². The average molecular weight is 246 g/mol. The zero-order valence-electron chi connectivity index (χ0n) is 9.14. The summed E-state index contributed by atoms with van der Waals surface area (Å²) in [7, 11) is 0. The lowest BCUT2D eigenvalue weighted by Gasteiger charge is -2.09. The number of carbonyl (C=O) groups is 1. The van der Waals surface area contributed by atoms with Gasteiger partial charge in [0.2, 0.25) is 0 Å². The van der Waals surface area contributed by atoms with Crippen LogP contribution in [-0.4, -0.2) is 5.78 Å². The number of alkyl halides is 1. The van der Waals surface area contributed by atoms with E-state index in [9.17, 15) is 4.79 Å². The Balaban J connectivity index is 2.23. The molecule has 0 bridgehead atoms. The van der Waals surface area contributed by atoms with E-state index in [2.05, 4.69) is 0 Å². The number of anilines is 1. The molecule has 2 aromatic carbocycles. The van der Waals surface area contributed by atoms with Crippen LogP contribution in [-0.2, 0) is 0 Å². The Kier molecular flexibility index (Phi) is 3.45. The molecule has 3 heteroatoms. The Labute approximate surface area is 105 Å². The number of carbonyl (C=O) groups excluding carboxylic acids is 1. The molecule has 17 heavy (non-hydrogen) atoms. The molecule has 0 amide bonds. The second kappa shape index (κ2) is 5.02. The quantitative estimate of drug-likeness (QED) is 0.511. The van der Waals surface area contributed by atoms with Gasteiger partial charge in [-0.15, -0.1) is 11.6 Å². The molecule has 0 aromatic heterocycles. The van der Waals surface area contributed by atoms with E-state index in [0.717, 1.165) is 5.56 Å². The van der Waals surface area contributed by atoms with Gasteiger partial charge >= 0.3 is 0 Å². The SMILES string of the molecule is Nc1ccc(C(Cl)C(=O)c2ccccc2)cc1. The van der Waals surface area contributed by atoms with E-state index >= 15 is 0 Å². The van der Waals surface area contributed by atoms with Gasteiger partial charge in [-0.25, -0.2) is 0 Å². The van der Waals surface area contributed by atoms with Crippen molar-refractivity contribution in [3.8, 4) is 0 Å². The summed E-state index contributed by atoms with van der Waals surface area (Å²) in [4.78, 5) is 12.1. The molecule has 0 aliphatic carbocycles. The van der Waals surface area contributed by atoms with Crippen LogP contribution in [0.3, 0.4) is 0 Å². The number of halogens is 1. The van der Waals surface area contributed by atoms with Crippen molar-refractivity contribution in [1.82, 2.24) is 0 Å². The molecule has 0 heterocycles. The van der Waals surface area contributed by atoms with Gasteiger partial charge in [-0.2, -0.15) is 0 Å². The molecule has 2 rings (SSSR count). The molecule has 86 valence electrons. The molecule has 0 saturated heterocycles. The van der Waals surface area contributed by atoms with E-state index in [-0.39, 0.29) is 5.78 Å². The minimum absolute atomic E-state index is 0.1000. The van der Waals surface area contributed by atoms with Gasteiger partial charge in [0.1, 0.15) is 5.38 Å². The third-order valence-corrected chi connectivity index (χ3v) is 2.97. The summed E-state index contributed by atoms with van der Waals surface area (Å²) in [5.74, 6) is -0.1000. The fourth-order valence-electron chi connectivity index (χ4n) is 1.57. The number of hydrogen-bond acceptors (Lipinski definition) is 2. The molecule has 1 atom stereocenters. The van der Waals surface area contributed by atoms with E-state index in [4.69, 9.17) is 17.3 Å². The predicted molar refractivity (Wildman–Crippen MR) is 70.2 cm³/mol. The lowest BCUT2D eigenvalue weighted by atomic mass is 10.0. The lowest BCUT2D eigenvalue weighted by molar-refractivity contribution is 0.0987. The van der Waals surface area contributed by atoms with Gasteiger partial charge in [0.15, 0.2) is 5.78 Å². The number of nitrogens with two attached hydrogens (primary N) is 1. The fourth-order valence-corrected chi connectivity index (χ4v) is 1.84. The lowest BCUT2D eigenvalue weighted by Crippen LogP contribution is -2.07. The predicted octanol–water partition coefficient (Wildman–Crippen LogP) is 3.43. The molecule has 0 saturated carbocycles. The Morgan fingerprint density at radius 2 is 1.59 bits per heavy atom. The fraction of sp³-hybridized carbons (Fsp3) is 0.0714. The highest BCUT2D eigenvalue weighted by Crippen LogP contribution is 2.25. The normalized spacial score (nSPS) is 12.1. The highest BCUT2D eigenvalue weighted by atomic mass is 35.5. The van der Waals surface area contributed by atoms with E-state index in [1.807, 2.05) is 18.2 Å². The minimum Gasteiger partial charge on any atom is -0.399 e. The van der Waals surface area contributed by atoms with Crippen LogP contribution >= 0.6 is 11.6 Å². The van der Waals surface area contributed by atoms with E-state index < -0.39 is 5.38 Å². The van der Waals surface area contributed by atoms with Gasteiger partial charge in [-0.1, -0.05) is 42.5 Å². The molecule has 2 aromatic rings. The molecule has 0 spiro atoms. The van der Waals surface area contributed by atoms with E-state index in [1.165, 1.54) is 0 Å². The second-order valence-corrected chi connectivity index (χ2v) is 4.20. The summed E-state index contributed by atoms with van der Waals surface area (Å²) in [6.07, 6.45) is 0. The van der Waals surface area contributed by atoms with Crippen LogP contribution in [0.5, 0.6) is 0 Å². The molecule has 2 nitrogen and oxygen atoms in total. The maximum Gasteiger partial charge on any atom is 0.185 e. The highest BCUT2D eigenvalue weighted by molar-refractivity contribution is 6.33. The van der Waals surface area contributed by atoms with Crippen LogP contribution in [0.15, 0.2) is 54.6 Å². The minimum atomic E-state index is -0.669. The first-order chi connectivity index (χ1) is 8.18. The molecule has 2 N–H and O–H groups in total. The monoisotopic (exact) mass is 245 g/mol. The zero-order chi connectivity index (χ0) is 12.3. The summed E-state index contributed by atoms with van der Waals surface area (Å²) in [5.41, 5.74) is 7.62. The third kappa shape index (κ3) is 2.66. The Hall–Kier alpha value is -1.80. The maximum absolute atomic E-state index is 12.1. The van der Waals surface area contributed by atoms with Crippen molar-refractivity contribution >= 4 is 23.1 Å². The van der Waals surface area contributed by atoms with Crippen LogP contribution < -0.4 is 5.73 Å². The standard InChI is InChI=1S/C14H12ClNO/c15-13(10-6-8-12(16)9-7-10)14(17)11-4-2-1-3-5-11/h1-9,13H,16H2. The van der Waals surface area contributed by atoms with Crippen LogP contribution in [0.4, 0.5) is 5.69 Å². The van der Waals surface area contributed by atoms with Crippen LogP contribution in [0.1, 0.15) is 21.3 Å². The van der Waals surface area contributed by atoms with Gasteiger partial charge < -0.3 is 5.73 Å². The number of benzene rings is 2. The molecule has 0 fully saturated rings. The van der Waals surface area contributed by atoms with Crippen molar-refractivity contribution in [2.75, 3.05) is 5.73 Å². The largest absolute Gasteiger partial charge is 0.399 e. The van der Waals surface area contributed by atoms with Crippen molar-refractivity contribution in [3.63, 3.8) is 0 Å². The summed E-state index contributed by atoms with van der Waals surface area (Å²) in [6, 6.07) is 16.0. The maximum atomic E-state index is 12.1. The molecular formula is C14H12ClNO. The number of Topliss-reactive ketones (excluding diaryl/α,β-unsaturated/α-hetero) is 1. The van der Waals surface area contributed by atoms with Crippen molar-refractivity contribution in [2.24, 2.45) is 0 Å². The molecule has 1 unspecified atom stereocenters. The van der Waals surface area contributed by atoms with Gasteiger partial charge in [-0.3, -0.25) is 4.79 Å². The smallest absolute Gasteiger partial charge is 0.185 e. The third-order valence-electron chi connectivity index (χ3n) is 2.52. The number of nitrogen functional groups attached to an aromatic ring is 1. The van der Waals surface area contributed by atoms with Crippen LogP contribution in [0.25, 0.3) is 0 Å². The Morgan fingerprint density at radius 3 is 2.18 bits per heavy atom. The summed E-state index contributed by atoms with van der Waals surface area (Å²) in [6.45, 7) is 0. The first kappa shape index (κ1) is 11.7. The summed E-state index contributed by atoms with van der Waals surface area (Å²) >= 11 is 6.15. The van der Waals surface area contributed by atoms with Gasteiger partial charge in [0, 0.05) is 11.3 Å². The Bertz CT molecular complexity index is 508. The first-order valence-electron chi connectivity index (χ1n) is 5.27. The molecule has 0 radical (unpaired) electrons. The van der Waals surface area contributed by atoms with Gasteiger partial charge in [0.25, 0.3) is 0 Å². The molecule has 0 aliphatic rings. The van der Waals surface area contributed by atoms with E-state index in [0.29, 0.717) is 11.3 Å². The average Bonchev–Trinajstić information content (AvgIpc) is 2.39. The van der Waals surface area contributed by atoms with Crippen molar-refractivity contribution in [3.05, 3.63) is 65.7 Å². The topological polar surface area (TPSA) is 43.1 Å². The van der Waals surface area contributed by atoms with E-state index in [1.54, 1.807) is 36.4 Å². The second-order valence-electron chi connectivity index (χ2n) is 3.76.